The normalized spacial score (nSPS) is 15.3. The summed E-state index contributed by atoms with van der Waals surface area (Å²) in [7, 11) is 0. The monoisotopic (exact) mass is 301 g/mol. The number of carbonyl (C=O) groups excluding carboxylic acids is 2. The van der Waals surface area contributed by atoms with E-state index in [9.17, 15) is 9.59 Å². The number of benzene rings is 1. The van der Waals surface area contributed by atoms with Crippen molar-refractivity contribution in [2.24, 2.45) is 0 Å². The minimum absolute atomic E-state index is 0.241. The Bertz CT molecular complexity index is 488. The molecule has 102 valence electrons. The SMILES string of the molecule is O=CN1CCN(C(=O)Nc2cccc(Cl)c2Cl)CC1. The highest BCUT2D eigenvalue weighted by Gasteiger charge is 2.20. The van der Waals surface area contributed by atoms with Gasteiger partial charge in [-0.05, 0) is 12.1 Å². The number of nitrogens with zero attached hydrogens (tertiary/aromatic N) is 2. The molecule has 0 radical (unpaired) electrons. The molecule has 7 heteroatoms. The zero-order valence-electron chi connectivity index (χ0n) is 10.1. The standard InChI is InChI=1S/C12H13Cl2N3O2/c13-9-2-1-3-10(11(9)14)15-12(19)17-6-4-16(8-18)5-7-17/h1-3,8H,4-7H2,(H,15,19). The van der Waals surface area contributed by atoms with Gasteiger partial charge in [0.15, 0.2) is 0 Å². The quantitative estimate of drug-likeness (QED) is 0.852. The summed E-state index contributed by atoms with van der Waals surface area (Å²) in [5.74, 6) is 0. The number of anilines is 1. The fourth-order valence-electron chi connectivity index (χ4n) is 1.83. The van der Waals surface area contributed by atoms with Gasteiger partial charge < -0.3 is 15.1 Å². The molecule has 0 spiro atoms. The summed E-state index contributed by atoms with van der Waals surface area (Å²) < 4.78 is 0. The number of rotatable bonds is 2. The van der Waals surface area contributed by atoms with E-state index in [1.165, 1.54) is 0 Å². The maximum absolute atomic E-state index is 12.0. The van der Waals surface area contributed by atoms with Crippen molar-refractivity contribution in [1.82, 2.24) is 9.80 Å². The van der Waals surface area contributed by atoms with Gasteiger partial charge >= 0.3 is 6.03 Å². The van der Waals surface area contributed by atoms with Gasteiger partial charge in [-0.3, -0.25) is 4.79 Å². The molecule has 0 aliphatic carbocycles. The Morgan fingerprint density at radius 3 is 2.53 bits per heavy atom. The van der Waals surface area contributed by atoms with E-state index < -0.39 is 0 Å². The van der Waals surface area contributed by atoms with E-state index >= 15 is 0 Å². The van der Waals surface area contributed by atoms with E-state index in [1.54, 1.807) is 28.0 Å². The zero-order valence-corrected chi connectivity index (χ0v) is 11.6. The Kier molecular flexibility index (Phi) is 4.50. The summed E-state index contributed by atoms with van der Waals surface area (Å²) in [6.07, 6.45) is 0.795. The van der Waals surface area contributed by atoms with Crippen LogP contribution in [0.3, 0.4) is 0 Å². The summed E-state index contributed by atoms with van der Waals surface area (Å²) in [4.78, 5) is 25.9. The second kappa shape index (κ2) is 6.12. The van der Waals surface area contributed by atoms with Crippen molar-refractivity contribution < 1.29 is 9.59 Å². The molecule has 2 rings (SSSR count). The molecule has 1 heterocycles. The van der Waals surface area contributed by atoms with Crippen molar-refractivity contribution in [3.8, 4) is 0 Å². The highest BCUT2D eigenvalue weighted by molar-refractivity contribution is 6.43. The summed E-state index contributed by atoms with van der Waals surface area (Å²) >= 11 is 11.9. The van der Waals surface area contributed by atoms with E-state index in [2.05, 4.69) is 5.32 Å². The van der Waals surface area contributed by atoms with E-state index in [-0.39, 0.29) is 6.03 Å². The fraction of sp³-hybridized carbons (Fsp3) is 0.333. The lowest BCUT2D eigenvalue weighted by Gasteiger charge is -2.32. The molecule has 0 atom stereocenters. The molecule has 3 amide bonds. The predicted molar refractivity (Wildman–Crippen MR) is 74.7 cm³/mol. The molecule has 0 unspecified atom stereocenters. The van der Waals surface area contributed by atoms with Gasteiger partial charge in [-0.15, -0.1) is 0 Å². The number of amides is 3. The Morgan fingerprint density at radius 1 is 1.21 bits per heavy atom. The lowest BCUT2D eigenvalue weighted by molar-refractivity contribution is -0.119. The van der Waals surface area contributed by atoms with Crippen LogP contribution in [0.2, 0.25) is 10.0 Å². The fourth-order valence-corrected chi connectivity index (χ4v) is 2.17. The first-order valence-electron chi connectivity index (χ1n) is 5.81. The van der Waals surface area contributed by atoms with Gasteiger partial charge in [0.25, 0.3) is 0 Å². The largest absolute Gasteiger partial charge is 0.342 e. The molecular formula is C12H13Cl2N3O2. The number of hydrogen-bond acceptors (Lipinski definition) is 2. The molecule has 1 aliphatic rings. The van der Waals surface area contributed by atoms with Crippen LogP contribution < -0.4 is 5.32 Å². The van der Waals surface area contributed by atoms with Crippen LogP contribution in [0.15, 0.2) is 18.2 Å². The van der Waals surface area contributed by atoms with Gasteiger partial charge in [-0.2, -0.15) is 0 Å². The number of hydrogen-bond donors (Lipinski definition) is 1. The van der Waals surface area contributed by atoms with Crippen molar-refractivity contribution in [3.63, 3.8) is 0 Å². The number of carbonyl (C=O) groups is 2. The second-order valence-electron chi connectivity index (χ2n) is 4.16. The highest BCUT2D eigenvalue weighted by atomic mass is 35.5. The van der Waals surface area contributed by atoms with E-state index in [1.807, 2.05) is 0 Å². The molecule has 0 bridgehead atoms. The maximum Gasteiger partial charge on any atom is 0.322 e. The second-order valence-corrected chi connectivity index (χ2v) is 4.95. The lowest BCUT2D eigenvalue weighted by Crippen LogP contribution is -2.49. The van der Waals surface area contributed by atoms with Crippen LogP contribution in [0, 0.1) is 0 Å². The molecule has 0 saturated carbocycles. The van der Waals surface area contributed by atoms with Crippen LogP contribution in [-0.4, -0.2) is 48.4 Å². The van der Waals surface area contributed by atoms with Gasteiger partial charge in [-0.25, -0.2) is 4.79 Å². The summed E-state index contributed by atoms with van der Waals surface area (Å²) in [6.45, 7) is 2.09. The Morgan fingerprint density at radius 2 is 1.89 bits per heavy atom. The smallest absolute Gasteiger partial charge is 0.322 e. The van der Waals surface area contributed by atoms with Gasteiger partial charge in [0, 0.05) is 26.2 Å². The average Bonchev–Trinajstić information content (AvgIpc) is 2.44. The minimum atomic E-state index is -0.241. The van der Waals surface area contributed by atoms with Crippen molar-refractivity contribution >= 4 is 41.3 Å². The first-order chi connectivity index (χ1) is 9.11. The van der Waals surface area contributed by atoms with Gasteiger partial charge in [0.2, 0.25) is 6.41 Å². The van der Waals surface area contributed by atoms with Gasteiger partial charge in [-0.1, -0.05) is 29.3 Å². The molecule has 1 N–H and O–H groups in total. The van der Waals surface area contributed by atoms with E-state index in [4.69, 9.17) is 23.2 Å². The van der Waals surface area contributed by atoms with Crippen LogP contribution in [0.25, 0.3) is 0 Å². The number of piperazine rings is 1. The number of urea groups is 1. The van der Waals surface area contributed by atoms with Gasteiger partial charge in [0.05, 0.1) is 15.7 Å². The first kappa shape index (κ1) is 14.0. The molecule has 0 aromatic heterocycles. The van der Waals surface area contributed by atoms with Crippen LogP contribution >= 0.6 is 23.2 Å². The van der Waals surface area contributed by atoms with E-state index in [0.717, 1.165) is 6.41 Å². The summed E-state index contributed by atoms with van der Waals surface area (Å²) in [5.41, 5.74) is 0.483. The number of nitrogens with one attached hydrogen (secondary N) is 1. The molecule has 19 heavy (non-hydrogen) atoms. The predicted octanol–water partition coefficient (Wildman–Crippen LogP) is 2.30. The van der Waals surface area contributed by atoms with Crippen molar-refractivity contribution in [1.29, 1.82) is 0 Å². The summed E-state index contributed by atoms with van der Waals surface area (Å²) in [5, 5.41) is 3.43. The summed E-state index contributed by atoms with van der Waals surface area (Å²) in [6, 6.07) is 4.82. The maximum atomic E-state index is 12.0. The van der Waals surface area contributed by atoms with Crippen LogP contribution in [0.5, 0.6) is 0 Å². The zero-order chi connectivity index (χ0) is 13.8. The third-order valence-electron chi connectivity index (χ3n) is 2.94. The van der Waals surface area contributed by atoms with Gasteiger partial charge in [0.1, 0.15) is 0 Å². The molecule has 1 aromatic carbocycles. The molecular weight excluding hydrogens is 289 g/mol. The van der Waals surface area contributed by atoms with Crippen LogP contribution in [0.4, 0.5) is 10.5 Å². The number of halogens is 2. The highest BCUT2D eigenvalue weighted by Crippen LogP contribution is 2.29. The molecule has 1 saturated heterocycles. The topological polar surface area (TPSA) is 52.7 Å². The average molecular weight is 302 g/mol. The van der Waals surface area contributed by atoms with Crippen LogP contribution in [0.1, 0.15) is 0 Å². The lowest BCUT2D eigenvalue weighted by atomic mass is 10.3. The van der Waals surface area contributed by atoms with Crippen molar-refractivity contribution in [2.45, 2.75) is 0 Å². The van der Waals surface area contributed by atoms with Crippen LogP contribution in [-0.2, 0) is 4.79 Å². The third kappa shape index (κ3) is 3.30. The van der Waals surface area contributed by atoms with Crippen molar-refractivity contribution in [3.05, 3.63) is 28.2 Å². The van der Waals surface area contributed by atoms with Crippen molar-refractivity contribution in [2.75, 3.05) is 31.5 Å². The Balaban J connectivity index is 1.98. The third-order valence-corrected chi connectivity index (χ3v) is 3.76. The molecule has 1 fully saturated rings. The molecule has 5 nitrogen and oxygen atoms in total. The Hall–Kier alpha value is -1.46. The van der Waals surface area contributed by atoms with E-state index in [0.29, 0.717) is 41.9 Å². The molecule has 1 aromatic rings. The first-order valence-corrected chi connectivity index (χ1v) is 6.56. The molecule has 1 aliphatic heterocycles. The minimum Gasteiger partial charge on any atom is -0.342 e. The Labute approximate surface area is 121 Å².